The standard InChI is InChI=1S/C19H24N4O/c20-16-6-4-15(5-7-16)13-19(24)22-17-8-11-23(12-9-17)14-18-3-1-2-10-21-18/h1-7,10,17H,8-9,11-14,20H2,(H,22,24). The van der Waals surface area contributed by atoms with E-state index in [1.807, 2.05) is 42.6 Å². The molecule has 0 radical (unpaired) electrons. The summed E-state index contributed by atoms with van der Waals surface area (Å²) in [5.74, 6) is 0.0861. The second-order valence-corrected chi connectivity index (χ2v) is 6.36. The predicted molar refractivity (Wildman–Crippen MR) is 95.2 cm³/mol. The van der Waals surface area contributed by atoms with Crippen molar-refractivity contribution in [3.8, 4) is 0 Å². The van der Waals surface area contributed by atoms with Crippen LogP contribution in [0.3, 0.4) is 0 Å². The molecule has 2 heterocycles. The van der Waals surface area contributed by atoms with E-state index in [1.165, 1.54) is 0 Å². The molecule has 2 aromatic rings. The van der Waals surface area contributed by atoms with Crippen molar-refractivity contribution in [3.63, 3.8) is 0 Å². The minimum absolute atomic E-state index is 0.0861. The summed E-state index contributed by atoms with van der Waals surface area (Å²) in [6.45, 7) is 2.86. The molecule has 0 spiro atoms. The predicted octanol–water partition coefficient (Wildman–Crippen LogP) is 1.99. The van der Waals surface area contributed by atoms with Gasteiger partial charge in [0.15, 0.2) is 0 Å². The molecule has 1 aromatic heterocycles. The van der Waals surface area contributed by atoms with Crippen molar-refractivity contribution in [3.05, 3.63) is 59.9 Å². The molecule has 0 atom stereocenters. The second kappa shape index (κ2) is 7.93. The number of benzene rings is 1. The fraction of sp³-hybridized carbons (Fsp3) is 0.368. The molecule has 1 amide bonds. The third-order valence-corrected chi connectivity index (χ3v) is 4.41. The number of pyridine rings is 1. The van der Waals surface area contributed by atoms with Crippen LogP contribution >= 0.6 is 0 Å². The van der Waals surface area contributed by atoms with Gasteiger partial charge in [0.2, 0.25) is 5.91 Å². The number of nitrogens with one attached hydrogen (secondary N) is 1. The number of rotatable bonds is 5. The third-order valence-electron chi connectivity index (χ3n) is 4.41. The molecule has 3 N–H and O–H groups in total. The molecule has 1 fully saturated rings. The maximum atomic E-state index is 12.2. The first kappa shape index (κ1) is 16.5. The van der Waals surface area contributed by atoms with Crippen LogP contribution in [0.1, 0.15) is 24.1 Å². The molecule has 1 saturated heterocycles. The van der Waals surface area contributed by atoms with Gasteiger partial charge in [0.25, 0.3) is 0 Å². The van der Waals surface area contributed by atoms with E-state index < -0.39 is 0 Å². The number of aromatic nitrogens is 1. The van der Waals surface area contributed by atoms with E-state index in [1.54, 1.807) is 0 Å². The van der Waals surface area contributed by atoms with Crippen molar-refractivity contribution in [1.82, 2.24) is 15.2 Å². The number of anilines is 1. The minimum atomic E-state index is 0.0861. The molecule has 126 valence electrons. The summed E-state index contributed by atoms with van der Waals surface area (Å²) in [6.07, 6.45) is 4.22. The molecule has 1 aromatic carbocycles. The highest BCUT2D eigenvalue weighted by Gasteiger charge is 2.20. The highest BCUT2D eigenvalue weighted by Crippen LogP contribution is 2.13. The van der Waals surface area contributed by atoms with Gasteiger partial charge in [-0.15, -0.1) is 0 Å². The monoisotopic (exact) mass is 324 g/mol. The Bertz CT molecular complexity index is 649. The van der Waals surface area contributed by atoms with E-state index in [9.17, 15) is 4.79 Å². The summed E-state index contributed by atoms with van der Waals surface area (Å²) in [7, 11) is 0. The van der Waals surface area contributed by atoms with Gasteiger partial charge in [-0.1, -0.05) is 18.2 Å². The number of nitrogens with two attached hydrogens (primary N) is 1. The van der Waals surface area contributed by atoms with Gasteiger partial charge < -0.3 is 11.1 Å². The quantitative estimate of drug-likeness (QED) is 0.825. The Morgan fingerprint density at radius 1 is 1.17 bits per heavy atom. The molecule has 0 unspecified atom stereocenters. The number of amides is 1. The fourth-order valence-corrected chi connectivity index (χ4v) is 3.06. The SMILES string of the molecule is Nc1ccc(CC(=O)NC2CCN(Cc3ccccn3)CC2)cc1. The Balaban J connectivity index is 1.41. The molecule has 1 aliphatic heterocycles. The van der Waals surface area contributed by atoms with Gasteiger partial charge >= 0.3 is 0 Å². The zero-order valence-corrected chi connectivity index (χ0v) is 13.8. The van der Waals surface area contributed by atoms with Crippen molar-refractivity contribution in [2.75, 3.05) is 18.8 Å². The number of nitrogen functional groups attached to an aromatic ring is 1. The highest BCUT2D eigenvalue weighted by molar-refractivity contribution is 5.79. The van der Waals surface area contributed by atoms with Gasteiger partial charge in [0, 0.05) is 37.6 Å². The Morgan fingerprint density at radius 3 is 2.58 bits per heavy atom. The van der Waals surface area contributed by atoms with Gasteiger partial charge in [-0.05, 0) is 42.7 Å². The van der Waals surface area contributed by atoms with Gasteiger partial charge in [-0.3, -0.25) is 14.7 Å². The second-order valence-electron chi connectivity index (χ2n) is 6.36. The summed E-state index contributed by atoms with van der Waals surface area (Å²) in [5.41, 5.74) is 8.48. The van der Waals surface area contributed by atoms with Crippen LogP contribution in [0.25, 0.3) is 0 Å². The topological polar surface area (TPSA) is 71.2 Å². The lowest BCUT2D eigenvalue weighted by Crippen LogP contribution is -2.44. The lowest BCUT2D eigenvalue weighted by Gasteiger charge is -2.32. The molecule has 1 aliphatic rings. The van der Waals surface area contributed by atoms with Crippen LogP contribution in [0.5, 0.6) is 0 Å². The molecular weight excluding hydrogens is 300 g/mol. The summed E-state index contributed by atoms with van der Waals surface area (Å²) in [5, 5.41) is 3.15. The Labute approximate surface area is 142 Å². The van der Waals surface area contributed by atoms with Crippen LogP contribution < -0.4 is 11.1 Å². The summed E-state index contributed by atoms with van der Waals surface area (Å²) < 4.78 is 0. The van der Waals surface area contributed by atoms with Crippen molar-refractivity contribution in [2.24, 2.45) is 0 Å². The number of carbonyl (C=O) groups excluding carboxylic acids is 1. The number of hydrogen-bond acceptors (Lipinski definition) is 4. The molecule has 24 heavy (non-hydrogen) atoms. The smallest absolute Gasteiger partial charge is 0.224 e. The third kappa shape index (κ3) is 4.80. The van der Waals surface area contributed by atoms with Crippen molar-refractivity contribution >= 4 is 11.6 Å². The van der Waals surface area contributed by atoms with Crippen LogP contribution in [-0.2, 0) is 17.8 Å². The maximum Gasteiger partial charge on any atom is 0.224 e. The van der Waals surface area contributed by atoms with Gasteiger partial charge in [0.05, 0.1) is 12.1 Å². The molecule has 3 rings (SSSR count). The summed E-state index contributed by atoms with van der Waals surface area (Å²) >= 11 is 0. The van der Waals surface area contributed by atoms with E-state index in [0.29, 0.717) is 6.42 Å². The minimum Gasteiger partial charge on any atom is -0.399 e. The number of carbonyl (C=O) groups is 1. The number of piperidine rings is 1. The fourth-order valence-electron chi connectivity index (χ4n) is 3.06. The lowest BCUT2D eigenvalue weighted by atomic mass is 10.0. The summed E-state index contributed by atoms with van der Waals surface area (Å²) in [6, 6.07) is 13.8. The average molecular weight is 324 g/mol. The van der Waals surface area contributed by atoms with E-state index in [4.69, 9.17) is 5.73 Å². The normalized spacial score (nSPS) is 16.0. The highest BCUT2D eigenvalue weighted by atomic mass is 16.1. The zero-order chi connectivity index (χ0) is 16.8. The zero-order valence-electron chi connectivity index (χ0n) is 13.8. The van der Waals surface area contributed by atoms with Gasteiger partial charge in [-0.2, -0.15) is 0 Å². The molecule has 0 aliphatic carbocycles. The molecular formula is C19H24N4O. The van der Waals surface area contributed by atoms with E-state index >= 15 is 0 Å². The summed E-state index contributed by atoms with van der Waals surface area (Å²) in [4.78, 5) is 18.9. The maximum absolute atomic E-state index is 12.2. The van der Waals surface area contributed by atoms with Gasteiger partial charge in [0.1, 0.15) is 0 Å². The van der Waals surface area contributed by atoms with E-state index in [0.717, 1.165) is 49.4 Å². The number of nitrogens with zero attached hydrogens (tertiary/aromatic N) is 2. The van der Waals surface area contributed by atoms with Crippen LogP contribution in [0.4, 0.5) is 5.69 Å². The molecule has 0 bridgehead atoms. The van der Waals surface area contributed by atoms with Crippen LogP contribution in [0.2, 0.25) is 0 Å². The van der Waals surface area contributed by atoms with Crippen LogP contribution in [0.15, 0.2) is 48.7 Å². The average Bonchev–Trinajstić information content (AvgIpc) is 2.60. The Morgan fingerprint density at radius 2 is 1.92 bits per heavy atom. The molecule has 5 heteroatoms. The first-order valence-corrected chi connectivity index (χ1v) is 8.45. The van der Waals surface area contributed by atoms with Crippen LogP contribution in [0, 0.1) is 0 Å². The Kier molecular flexibility index (Phi) is 5.43. The van der Waals surface area contributed by atoms with Crippen molar-refractivity contribution < 1.29 is 4.79 Å². The largest absolute Gasteiger partial charge is 0.399 e. The number of hydrogen-bond donors (Lipinski definition) is 2. The first-order valence-electron chi connectivity index (χ1n) is 8.45. The van der Waals surface area contributed by atoms with Crippen molar-refractivity contribution in [2.45, 2.75) is 31.8 Å². The van der Waals surface area contributed by atoms with Crippen LogP contribution in [-0.4, -0.2) is 34.9 Å². The van der Waals surface area contributed by atoms with E-state index in [-0.39, 0.29) is 11.9 Å². The Hall–Kier alpha value is -2.40. The van der Waals surface area contributed by atoms with Crippen molar-refractivity contribution in [1.29, 1.82) is 0 Å². The van der Waals surface area contributed by atoms with E-state index in [2.05, 4.69) is 21.3 Å². The lowest BCUT2D eigenvalue weighted by molar-refractivity contribution is -0.121. The number of likely N-dealkylation sites (tertiary alicyclic amines) is 1. The van der Waals surface area contributed by atoms with Gasteiger partial charge in [-0.25, -0.2) is 0 Å². The molecule has 5 nitrogen and oxygen atoms in total. The molecule has 0 saturated carbocycles. The first-order chi connectivity index (χ1) is 11.7.